The van der Waals surface area contributed by atoms with Crippen LogP contribution >= 0.6 is 0 Å². The van der Waals surface area contributed by atoms with Crippen LogP contribution in [0.3, 0.4) is 0 Å². The molecule has 0 aliphatic heterocycles. The van der Waals surface area contributed by atoms with Gasteiger partial charge >= 0.3 is 0 Å². The van der Waals surface area contributed by atoms with Crippen molar-refractivity contribution in [3.63, 3.8) is 0 Å². The number of hydrogen-bond acceptors (Lipinski definition) is 1. The Morgan fingerprint density at radius 1 is 1.29 bits per heavy atom. The van der Waals surface area contributed by atoms with Gasteiger partial charge in [0.05, 0.1) is 5.60 Å². The van der Waals surface area contributed by atoms with Crippen LogP contribution in [-0.4, -0.2) is 10.7 Å². The molecular weight excluding hydrogens is 256 g/mol. The number of allylic oxidation sites excluding steroid dienone is 5. The molecule has 1 aliphatic rings. The zero-order chi connectivity index (χ0) is 16.3. The van der Waals surface area contributed by atoms with E-state index in [-0.39, 0.29) is 5.41 Å². The SMILES string of the molecule is C=C(C)/C=C/C=C(\C)C=C=C1C(C)(C)C[C@H](C)C[C@@]1(C)O. The fourth-order valence-corrected chi connectivity index (χ4v) is 3.50. The van der Waals surface area contributed by atoms with Crippen molar-refractivity contribution in [2.45, 2.75) is 60.0 Å². The van der Waals surface area contributed by atoms with Crippen LogP contribution in [-0.2, 0) is 0 Å². The summed E-state index contributed by atoms with van der Waals surface area (Å²) in [4.78, 5) is 0. The monoisotopic (exact) mass is 286 g/mol. The normalized spacial score (nSPS) is 29.4. The summed E-state index contributed by atoms with van der Waals surface area (Å²) in [6.45, 7) is 16.4. The minimum Gasteiger partial charge on any atom is -0.385 e. The highest BCUT2D eigenvalue weighted by Crippen LogP contribution is 2.47. The Morgan fingerprint density at radius 2 is 1.90 bits per heavy atom. The predicted octanol–water partition coefficient (Wildman–Crippen LogP) is 5.35. The summed E-state index contributed by atoms with van der Waals surface area (Å²) >= 11 is 0. The number of hydrogen-bond donors (Lipinski definition) is 1. The summed E-state index contributed by atoms with van der Waals surface area (Å²) in [6, 6.07) is 0. The first-order valence-electron chi connectivity index (χ1n) is 7.75. The zero-order valence-corrected chi connectivity index (χ0v) is 14.5. The average Bonchev–Trinajstić information content (AvgIpc) is 2.24. The maximum absolute atomic E-state index is 10.7. The predicted molar refractivity (Wildman–Crippen MR) is 92.1 cm³/mol. The number of rotatable bonds is 3. The van der Waals surface area contributed by atoms with E-state index < -0.39 is 5.60 Å². The summed E-state index contributed by atoms with van der Waals surface area (Å²) in [5.41, 5.74) is 5.78. The van der Waals surface area contributed by atoms with Gasteiger partial charge in [0.25, 0.3) is 0 Å². The molecular formula is C20H30O. The Bertz CT molecular complexity index is 500. The van der Waals surface area contributed by atoms with E-state index in [0.717, 1.165) is 29.6 Å². The lowest BCUT2D eigenvalue weighted by Gasteiger charge is -2.44. The standard InChI is InChI=1S/C20H30O/c1-15(2)9-8-10-16(3)11-12-18-19(5,6)13-17(4)14-20(18,7)21/h8-11,17,21H,1,13-14H2,2-7H3/b9-8+,16-10+/t12?,17-,20+/m0/s1. The van der Waals surface area contributed by atoms with E-state index in [2.05, 4.69) is 33.1 Å². The molecule has 2 atom stereocenters. The van der Waals surface area contributed by atoms with Crippen LogP contribution in [0.2, 0.25) is 0 Å². The van der Waals surface area contributed by atoms with E-state index in [1.165, 1.54) is 0 Å². The van der Waals surface area contributed by atoms with Crippen LogP contribution in [0.5, 0.6) is 0 Å². The first-order valence-corrected chi connectivity index (χ1v) is 7.75. The molecule has 0 spiro atoms. The van der Waals surface area contributed by atoms with Gasteiger partial charge in [-0.1, -0.05) is 51.2 Å². The van der Waals surface area contributed by atoms with E-state index in [9.17, 15) is 5.11 Å². The highest BCUT2D eigenvalue weighted by molar-refractivity contribution is 5.30. The quantitative estimate of drug-likeness (QED) is 0.547. The Kier molecular flexibility index (Phi) is 5.61. The molecule has 0 amide bonds. The fourth-order valence-electron chi connectivity index (χ4n) is 3.50. The van der Waals surface area contributed by atoms with Gasteiger partial charge in [0.1, 0.15) is 0 Å². The van der Waals surface area contributed by atoms with Gasteiger partial charge in [-0.15, -0.1) is 5.73 Å². The molecule has 1 nitrogen and oxygen atoms in total. The summed E-state index contributed by atoms with van der Waals surface area (Å²) in [5.74, 6) is 0.538. The first kappa shape index (κ1) is 17.8. The van der Waals surface area contributed by atoms with Gasteiger partial charge in [0.15, 0.2) is 0 Å². The Balaban J connectivity index is 3.10. The largest absolute Gasteiger partial charge is 0.385 e. The maximum atomic E-state index is 10.7. The summed E-state index contributed by atoms with van der Waals surface area (Å²) < 4.78 is 0. The van der Waals surface area contributed by atoms with Crippen LogP contribution in [0.1, 0.15) is 54.4 Å². The van der Waals surface area contributed by atoms with Crippen molar-refractivity contribution in [2.24, 2.45) is 11.3 Å². The van der Waals surface area contributed by atoms with Crippen LogP contribution in [0.4, 0.5) is 0 Å². The molecule has 0 radical (unpaired) electrons. The van der Waals surface area contributed by atoms with E-state index in [4.69, 9.17) is 0 Å². The van der Waals surface area contributed by atoms with Gasteiger partial charge in [0, 0.05) is 5.57 Å². The van der Waals surface area contributed by atoms with Crippen molar-refractivity contribution in [3.05, 3.63) is 53.3 Å². The van der Waals surface area contributed by atoms with E-state index in [0.29, 0.717) is 5.92 Å². The topological polar surface area (TPSA) is 20.2 Å². The molecule has 0 aromatic carbocycles. The first-order chi connectivity index (χ1) is 9.54. The van der Waals surface area contributed by atoms with Crippen molar-refractivity contribution >= 4 is 0 Å². The molecule has 1 fully saturated rings. The Morgan fingerprint density at radius 3 is 2.43 bits per heavy atom. The third-order valence-electron chi connectivity index (χ3n) is 4.00. The van der Waals surface area contributed by atoms with Crippen molar-refractivity contribution in [3.8, 4) is 0 Å². The van der Waals surface area contributed by atoms with E-state index >= 15 is 0 Å². The molecule has 1 N–H and O–H groups in total. The number of aliphatic hydroxyl groups is 1. The molecule has 1 rings (SSSR count). The molecule has 0 saturated heterocycles. The highest BCUT2D eigenvalue weighted by Gasteiger charge is 2.43. The van der Waals surface area contributed by atoms with Crippen LogP contribution in [0, 0.1) is 11.3 Å². The maximum Gasteiger partial charge on any atom is 0.0909 e. The summed E-state index contributed by atoms with van der Waals surface area (Å²) in [5, 5.41) is 10.7. The lowest BCUT2D eigenvalue weighted by molar-refractivity contribution is 0.0178. The highest BCUT2D eigenvalue weighted by atomic mass is 16.3. The van der Waals surface area contributed by atoms with Crippen LogP contribution in [0.15, 0.2) is 53.3 Å². The smallest absolute Gasteiger partial charge is 0.0909 e. The van der Waals surface area contributed by atoms with E-state index in [1.807, 2.05) is 45.1 Å². The van der Waals surface area contributed by atoms with Gasteiger partial charge in [-0.05, 0) is 56.6 Å². The summed E-state index contributed by atoms with van der Waals surface area (Å²) in [6.07, 6.45) is 9.89. The Labute approximate surface area is 130 Å². The molecule has 116 valence electrons. The molecule has 0 aromatic rings. The molecule has 1 heteroatoms. The van der Waals surface area contributed by atoms with Crippen molar-refractivity contribution < 1.29 is 5.11 Å². The molecule has 0 heterocycles. The second kappa shape index (κ2) is 6.64. The van der Waals surface area contributed by atoms with Crippen LogP contribution in [0.25, 0.3) is 0 Å². The average molecular weight is 286 g/mol. The van der Waals surface area contributed by atoms with Crippen molar-refractivity contribution in [1.29, 1.82) is 0 Å². The van der Waals surface area contributed by atoms with Gasteiger partial charge in [-0.25, -0.2) is 0 Å². The third-order valence-corrected chi connectivity index (χ3v) is 4.00. The lowest BCUT2D eigenvalue weighted by Crippen LogP contribution is -2.42. The van der Waals surface area contributed by atoms with Crippen LogP contribution < -0.4 is 0 Å². The van der Waals surface area contributed by atoms with Gasteiger partial charge < -0.3 is 5.11 Å². The lowest BCUT2D eigenvalue weighted by atomic mass is 9.63. The minimum atomic E-state index is -0.758. The van der Waals surface area contributed by atoms with Gasteiger partial charge in [0.2, 0.25) is 0 Å². The fraction of sp³-hybridized carbons (Fsp3) is 0.550. The molecule has 21 heavy (non-hydrogen) atoms. The second-order valence-corrected chi connectivity index (χ2v) is 7.45. The molecule has 0 bridgehead atoms. The van der Waals surface area contributed by atoms with Crippen molar-refractivity contribution in [2.75, 3.05) is 0 Å². The molecule has 1 aliphatic carbocycles. The second-order valence-electron chi connectivity index (χ2n) is 7.45. The van der Waals surface area contributed by atoms with Gasteiger partial charge in [-0.3, -0.25) is 0 Å². The molecule has 0 unspecified atom stereocenters. The molecule has 0 aromatic heterocycles. The summed E-state index contributed by atoms with van der Waals surface area (Å²) in [7, 11) is 0. The van der Waals surface area contributed by atoms with Crippen molar-refractivity contribution in [1.82, 2.24) is 0 Å². The van der Waals surface area contributed by atoms with E-state index in [1.54, 1.807) is 0 Å². The Hall–Kier alpha value is -1.30. The zero-order valence-electron chi connectivity index (χ0n) is 14.5. The third kappa shape index (κ3) is 5.19. The minimum absolute atomic E-state index is 0.00844. The molecule has 1 saturated carbocycles. The van der Waals surface area contributed by atoms with Gasteiger partial charge in [-0.2, -0.15) is 0 Å².